The summed E-state index contributed by atoms with van der Waals surface area (Å²) in [5, 5.41) is 9.05. The number of carbonyl (C=O) groups excluding carboxylic acids is 2. The van der Waals surface area contributed by atoms with Crippen molar-refractivity contribution in [2.24, 2.45) is 0 Å². The van der Waals surface area contributed by atoms with Crippen LogP contribution in [0.4, 0.5) is 10.1 Å². The number of anilines is 1. The molecule has 0 radical (unpaired) electrons. The van der Waals surface area contributed by atoms with Crippen molar-refractivity contribution >= 4 is 23.5 Å². The van der Waals surface area contributed by atoms with Crippen LogP contribution in [0.2, 0.25) is 0 Å². The highest BCUT2D eigenvalue weighted by Gasteiger charge is 2.38. The minimum Gasteiger partial charge on any atom is -0.478 e. The van der Waals surface area contributed by atoms with E-state index in [1.54, 1.807) is 12.1 Å². The molecule has 1 atom stereocenters. The first-order chi connectivity index (χ1) is 12.4. The Balaban J connectivity index is 1.80. The lowest BCUT2D eigenvalue weighted by Crippen LogP contribution is -2.43. The number of nitrogens with zero attached hydrogens (tertiary/aromatic N) is 2. The fourth-order valence-corrected chi connectivity index (χ4v) is 3.06. The van der Waals surface area contributed by atoms with Crippen molar-refractivity contribution in [3.8, 4) is 0 Å². The normalized spacial score (nSPS) is 16.6. The SMILES string of the molecule is CN(C(=O)c1cccc(C(=O)O)c1)C1CCN(c2ccccc2F)C1=O. The molecular formula is C19H17FN2O4. The second-order valence-corrected chi connectivity index (χ2v) is 6.05. The largest absolute Gasteiger partial charge is 0.478 e. The van der Waals surface area contributed by atoms with E-state index in [0.717, 1.165) is 0 Å². The molecule has 0 saturated carbocycles. The van der Waals surface area contributed by atoms with Crippen molar-refractivity contribution in [3.63, 3.8) is 0 Å². The maximum atomic E-state index is 14.0. The third-order valence-electron chi connectivity index (χ3n) is 4.46. The van der Waals surface area contributed by atoms with Gasteiger partial charge in [0.2, 0.25) is 5.91 Å². The molecule has 1 saturated heterocycles. The average Bonchev–Trinajstić information content (AvgIpc) is 3.02. The average molecular weight is 356 g/mol. The highest BCUT2D eigenvalue weighted by molar-refractivity contribution is 6.04. The van der Waals surface area contributed by atoms with E-state index < -0.39 is 23.7 Å². The van der Waals surface area contributed by atoms with Gasteiger partial charge in [-0.05, 0) is 36.8 Å². The zero-order valence-corrected chi connectivity index (χ0v) is 14.1. The Kier molecular flexibility index (Phi) is 4.71. The molecule has 1 N–H and O–H groups in total. The van der Waals surface area contributed by atoms with E-state index in [1.165, 1.54) is 53.2 Å². The zero-order valence-electron chi connectivity index (χ0n) is 14.1. The van der Waals surface area contributed by atoms with Crippen molar-refractivity contribution in [1.29, 1.82) is 0 Å². The van der Waals surface area contributed by atoms with Crippen LogP contribution in [0.1, 0.15) is 27.1 Å². The summed E-state index contributed by atoms with van der Waals surface area (Å²) in [4.78, 5) is 39.0. The molecule has 0 bridgehead atoms. The van der Waals surface area contributed by atoms with Gasteiger partial charge in [0.25, 0.3) is 5.91 Å². The number of halogens is 1. The van der Waals surface area contributed by atoms with Gasteiger partial charge >= 0.3 is 5.97 Å². The lowest BCUT2D eigenvalue weighted by Gasteiger charge is -2.24. The molecule has 2 aromatic carbocycles. The first kappa shape index (κ1) is 17.6. The summed E-state index contributed by atoms with van der Waals surface area (Å²) < 4.78 is 14.0. The number of hydrogen-bond acceptors (Lipinski definition) is 3. The molecule has 1 fully saturated rings. The second-order valence-electron chi connectivity index (χ2n) is 6.05. The Morgan fingerprint density at radius 2 is 1.85 bits per heavy atom. The van der Waals surface area contributed by atoms with Gasteiger partial charge in [-0.3, -0.25) is 9.59 Å². The van der Waals surface area contributed by atoms with Gasteiger partial charge in [0.05, 0.1) is 11.3 Å². The van der Waals surface area contributed by atoms with Crippen LogP contribution in [0.5, 0.6) is 0 Å². The van der Waals surface area contributed by atoms with E-state index in [-0.39, 0.29) is 22.7 Å². The van der Waals surface area contributed by atoms with Crippen LogP contribution in [-0.4, -0.2) is 47.4 Å². The second kappa shape index (κ2) is 6.95. The summed E-state index contributed by atoms with van der Waals surface area (Å²) >= 11 is 0. The van der Waals surface area contributed by atoms with Crippen molar-refractivity contribution in [2.75, 3.05) is 18.5 Å². The molecule has 7 heteroatoms. The van der Waals surface area contributed by atoms with Gasteiger partial charge in [-0.1, -0.05) is 18.2 Å². The molecule has 2 amide bonds. The maximum Gasteiger partial charge on any atom is 0.335 e. The highest BCUT2D eigenvalue weighted by Crippen LogP contribution is 2.27. The molecule has 0 aromatic heterocycles. The van der Waals surface area contributed by atoms with Crippen molar-refractivity contribution < 1.29 is 23.9 Å². The number of benzene rings is 2. The van der Waals surface area contributed by atoms with Gasteiger partial charge in [0.1, 0.15) is 11.9 Å². The number of carboxylic acids is 1. The van der Waals surface area contributed by atoms with E-state index in [9.17, 15) is 18.8 Å². The standard InChI is InChI=1S/C19H17FN2O4/c1-21(17(23)12-5-4-6-13(11-12)19(25)26)16-9-10-22(18(16)24)15-8-3-2-7-14(15)20/h2-8,11,16H,9-10H2,1H3,(H,25,26). The Bertz CT molecular complexity index is 883. The molecular weight excluding hydrogens is 339 g/mol. The fraction of sp³-hybridized carbons (Fsp3) is 0.211. The van der Waals surface area contributed by atoms with Gasteiger partial charge in [-0.2, -0.15) is 0 Å². The van der Waals surface area contributed by atoms with E-state index in [0.29, 0.717) is 13.0 Å². The van der Waals surface area contributed by atoms with Gasteiger partial charge in [-0.25, -0.2) is 9.18 Å². The predicted octanol–water partition coefficient (Wildman–Crippen LogP) is 2.40. The zero-order chi connectivity index (χ0) is 18.8. The van der Waals surface area contributed by atoms with E-state index in [4.69, 9.17) is 5.11 Å². The number of para-hydroxylation sites is 1. The van der Waals surface area contributed by atoms with Crippen LogP contribution in [0.3, 0.4) is 0 Å². The number of hydrogen-bond donors (Lipinski definition) is 1. The highest BCUT2D eigenvalue weighted by atomic mass is 19.1. The maximum absolute atomic E-state index is 14.0. The van der Waals surface area contributed by atoms with Crippen LogP contribution in [0.25, 0.3) is 0 Å². The Labute approximate surface area is 149 Å². The third kappa shape index (κ3) is 3.15. The molecule has 26 heavy (non-hydrogen) atoms. The summed E-state index contributed by atoms with van der Waals surface area (Å²) in [7, 11) is 1.49. The van der Waals surface area contributed by atoms with Crippen LogP contribution in [0, 0.1) is 5.82 Å². The quantitative estimate of drug-likeness (QED) is 0.913. The summed E-state index contributed by atoms with van der Waals surface area (Å²) in [5.41, 5.74) is 0.369. The van der Waals surface area contributed by atoms with Crippen molar-refractivity contribution in [3.05, 3.63) is 65.5 Å². The lowest BCUT2D eigenvalue weighted by atomic mass is 10.1. The van der Waals surface area contributed by atoms with Crippen LogP contribution >= 0.6 is 0 Å². The first-order valence-corrected chi connectivity index (χ1v) is 8.06. The van der Waals surface area contributed by atoms with Crippen molar-refractivity contribution in [2.45, 2.75) is 12.5 Å². The molecule has 3 rings (SSSR count). The third-order valence-corrected chi connectivity index (χ3v) is 4.46. The number of aromatic carboxylic acids is 1. The number of rotatable bonds is 4. The molecule has 1 heterocycles. The fourth-order valence-electron chi connectivity index (χ4n) is 3.06. The predicted molar refractivity (Wildman–Crippen MR) is 92.7 cm³/mol. The van der Waals surface area contributed by atoms with Crippen LogP contribution in [0.15, 0.2) is 48.5 Å². The lowest BCUT2D eigenvalue weighted by molar-refractivity contribution is -0.120. The Hall–Kier alpha value is -3.22. The molecule has 1 unspecified atom stereocenters. The van der Waals surface area contributed by atoms with Crippen molar-refractivity contribution in [1.82, 2.24) is 4.90 Å². The van der Waals surface area contributed by atoms with E-state index >= 15 is 0 Å². The van der Waals surface area contributed by atoms with Gasteiger partial charge < -0.3 is 14.9 Å². The number of amides is 2. The molecule has 134 valence electrons. The number of carbonyl (C=O) groups is 3. The molecule has 1 aliphatic rings. The Morgan fingerprint density at radius 3 is 2.54 bits per heavy atom. The smallest absolute Gasteiger partial charge is 0.335 e. The minimum absolute atomic E-state index is 0.00465. The molecule has 6 nitrogen and oxygen atoms in total. The summed E-state index contributed by atoms with van der Waals surface area (Å²) in [6.45, 7) is 0.303. The molecule has 2 aromatic rings. The molecule has 0 spiro atoms. The summed E-state index contributed by atoms with van der Waals surface area (Å²) in [5.74, 6) is -2.45. The van der Waals surface area contributed by atoms with E-state index in [1.807, 2.05) is 0 Å². The van der Waals surface area contributed by atoms with E-state index in [2.05, 4.69) is 0 Å². The van der Waals surface area contributed by atoms with Gasteiger partial charge in [-0.15, -0.1) is 0 Å². The summed E-state index contributed by atoms with van der Waals surface area (Å²) in [6, 6.07) is 10.9. The Morgan fingerprint density at radius 1 is 1.15 bits per heavy atom. The molecule has 0 aliphatic carbocycles. The van der Waals surface area contributed by atoms with Crippen LogP contribution in [-0.2, 0) is 4.79 Å². The number of carboxylic acid groups (broad SMARTS) is 1. The van der Waals surface area contributed by atoms with Crippen LogP contribution < -0.4 is 4.90 Å². The summed E-state index contributed by atoms with van der Waals surface area (Å²) in [6.07, 6.45) is 0.369. The number of likely N-dealkylation sites (N-methyl/N-ethyl adjacent to an activating group) is 1. The topological polar surface area (TPSA) is 77.9 Å². The molecule has 1 aliphatic heterocycles. The van der Waals surface area contributed by atoms with Gasteiger partial charge in [0, 0.05) is 19.2 Å². The van der Waals surface area contributed by atoms with Gasteiger partial charge in [0.15, 0.2) is 0 Å². The monoisotopic (exact) mass is 356 g/mol. The first-order valence-electron chi connectivity index (χ1n) is 8.06. The minimum atomic E-state index is -1.13.